The minimum atomic E-state index is 0.141. The Labute approximate surface area is 149 Å². The van der Waals surface area contributed by atoms with Gasteiger partial charge in [0.05, 0.1) is 12.7 Å². The fourth-order valence-electron chi connectivity index (χ4n) is 3.53. The molecule has 1 atom stereocenters. The number of H-pyrrole nitrogens is 1. The third kappa shape index (κ3) is 5.43. The lowest BCUT2D eigenvalue weighted by atomic mass is 9.91. The number of hydrogen-bond acceptors (Lipinski definition) is 3. The van der Waals surface area contributed by atoms with Crippen LogP contribution < -0.4 is 5.32 Å². The van der Waals surface area contributed by atoms with Gasteiger partial charge in [0.2, 0.25) is 5.91 Å². The molecule has 0 bridgehead atoms. The predicted molar refractivity (Wildman–Crippen MR) is 99.4 cm³/mol. The molecule has 0 saturated carbocycles. The number of aryl methyl sites for hydroxylation is 1. The molecule has 3 rings (SSSR count). The molecule has 1 saturated heterocycles. The Hall–Kier alpha value is -2.14. The largest absolute Gasteiger partial charge is 0.353 e. The van der Waals surface area contributed by atoms with E-state index in [9.17, 15) is 4.79 Å². The van der Waals surface area contributed by atoms with Gasteiger partial charge in [-0.1, -0.05) is 30.3 Å². The molecule has 2 N–H and O–H groups in total. The maximum absolute atomic E-state index is 12.3. The molecular formula is C20H28N4O. The average Bonchev–Trinajstić information content (AvgIpc) is 3.16. The zero-order chi connectivity index (χ0) is 17.5. The van der Waals surface area contributed by atoms with Crippen molar-refractivity contribution >= 4 is 5.91 Å². The molecule has 0 radical (unpaired) electrons. The van der Waals surface area contributed by atoms with Gasteiger partial charge in [-0.2, -0.15) is 5.10 Å². The summed E-state index contributed by atoms with van der Waals surface area (Å²) >= 11 is 0. The maximum Gasteiger partial charge on any atom is 0.234 e. The van der Waals surface area contributed by atoms with Crippen LogP contribution in [0.2, 0.25) is 0 Å². The minimum absolute atomic E-state index is 0.141. The van der Waals surface area contributed by atoms with Crippen molar-refractivity contribution < 1.29 is 4.79 Å². The highest BCUT2D eigenvalue weighted by Gasteiger charge is 2.22. The van der Waals surface area contributed by atoms with Gasteiger partial charge in [-0.15, -0.1) is 0 Å². The molecule has 2 heterocycles. The first-order valence-electron chi connectivity index (χ1n) is 9.25. The van der Waals surface area contributed by atoms with Crippen LogP contribution in [0.1, 0.15) is 43.2 Å². The SMILES string of the molecule is CC(CCc1ccccc1)NC(=O)CN1CCC(c2cn[nH]c2)CC1. The van der Waals surface area contributed by atoms with Crippen molar-refractivity contribution in [3.05, 3.63) is 53.9 Å². The monoisotopic (exact) mass is 340 g/mol. The Bertz CT molecular complexity index is 633. The number of rotatable bonds is 7. The van der Waals surface area contributed by atoms with E-state index >= 15 is 0 Å². The van der Waals surface area contributed by atoms with E-state index in [4.69, 9.17) is 0 Å². The lowest BCUT2D eigenvalue weighted by Gasteiger charge is -2.31. The topological polar surface area (TPSA) is 61.0 Å². The van der Waals surface area contributed by atoms with E-state index in [0.717, 1.165) is 38.8 Å². The summed E-state index contributed by atoms with van der Waals surface area (Å²) in [6.07, 6.45) is 8.06. The van der Waals surface area contributed by atoms with Crippen molar-refractivity contribution in [2.24, 2.45) is 0 Å². The Morgan fingerprint density at radius 3 is 2.76 bits per heavy atom. The molecule has 0 spiro atoms. The summed E-state index contributed by atoms with van der Waals surface area (Å²) in [7, 11) is 0. The van der Waals surface area contributed by atoms with Crippen LogP contribution >= 0.6 is 0 Å². The van der Waals surface area contributed by atoms with Crippen molar-refractivity contribution in [3.63, 3.8) is 0 Å². The molecule has 25 heavy (non-hydrogen) atoms. The van der Waals surface area contributed by atoms with Crippen LogP contribution in [0.15, 0.2) is 42.7 Å². The third-order valence-corrected chi connectivity index (χ3v) is 5.06. The molecule has 5 nitrogen and oxygen atoms in total. The molecule has 1 aliphatic heterocycles. The van der Waals surface area contributed by atoms with Gasteiger partial charge in [0.1, 0.15) is 0 Å². The summed E-state index contributed by atoms with van der Waals surface area (Å²) in [5.41, 5.74) is 2.61. The van der Waals surface area contributed by atoms with Crippen LogP contribution in [-0.4, -0.2) is 46.7 Å². The highest BCUT2D eigenvalue weighted by Crippen LogP contribution is 2.26. The molecule has 0 aliphatic carbocycles. The van der Waals surface area contributed by atoms with Gasteiger partial charge in [0.25, 0.3) is 0 Å². The summed E-state index contributed by atoms with van der Waals surface area (Å²) in [6.45, 7) is 4.54. The predicted octanol–water partition coefficient (Wildman–Crippen LogP) is 2.73. The molecule has 134 valence electrons. The minimum Gasteiger partial charge on any atom is -0.353 e. The van der Waals surface area contributed by atoms with Crippen molar-refractivity contribution in [2.45, 2.75) is 44.6 Å². The van der Waals surface area contributed by atoms with Crippen LogP contribution in [0.5, 0.6) is 0 Å². The van der Waals surface area contributed by atoms with Crippen LogP contribution in [0.3, 0.4) is 0 Å². The lowest BCUT2D eigenvalue weighted by Crippen LogP contribution is -2.43. The van der Waals surface area contributed by atoms with Gasteiger partial charge in [-0.05, 0) is 62.7 Å². The van der Waals surface area contributed by atoms with Crippen LogP contribution in [0.4, 0.5) is 0 Å². The van der Waals surface area contributed by atoms with E-state index in [2.05, 4.69) is 51.6 Å². The van der Waals surface area contributed by atoms with E-state index < -0.39 is 0 Å². The van der Waals surface area contributed by atoms with Crippen molar-refractivity contribution in [1.82, 2.24) is 20.4 Å². The van der Waals surface area contributed by atoms with E-state index in [-0.39, 0.29) is 11.9 Å². The highest BCUT2D eigenvalue weighted by atomic mass is 16.2. The average molecular weight is 340 g/mol. The quantitative estimate of drug-likeness (QED) is 0.815. The molecule has 1 amide bonds. The van der Waals surface area contributed by atoms with Gasteiger partial charge in [-0.3, -0.25) is 14.8 Å². The third-order valence-electron chi connectivity index (χ3n) is 5.06. The zero-order valence-electron chi connectivity index (χ0n) is 14.9. The maximum atomic E-state index is 12.3. The van der Waals surface area contributed by atoms with E-state index in [1.807, 2.05) is 18.5 Å². The van der Waals surface area contributed by atoms with Crippen molar-refractivity contribution in [3.8, 4) is 0 Å². The summed E-state index contributed by atoms with van der Waals surface area (Å²) in [5.74, 6) is 0.713. The van der Waals surface area contributed by atoms with Crippen LogP contribution in [0.25, 0.3) is 0 Å². The summed E-state index contributed by atoms with van der Waals surface area (Å²) in [6, 6.07) is 10.6. The second-order valence-corrected chi connectivity index (χ2v) is 7.07. The summed E-state index contributed by atoms with van der Waals surface area (Å²) in [4.78, 5) is 14.5. The van der Waals surface area contributed by atoms with E-state index in [1.54, 1.807) is 0 Å². The number of aromatic nitrogens is 2. The fraction of sp³-hybridized carbons (Fsp3) is 0.500. The van der Waals surface area contributed by atoms with E-state index in [1.165, 1.54) is 11.1 Å². The Morgan fingerprint density at radius 2 is 2.08 bits per heavy atom. The number of likely N-dealkylation sites (tertiary alicyclic amines) is 1. The smallest absolute Gasteiger partial charge is 0.234 e. The fourth-order valence-corrected chi connectivity index (χ4v) is 3.53. The van der Waals surface area contributed by atoms with E-state index in [0.29, 0.717) is 12.5 Å². The Kier molecular flexibility index (Phi) is 6.23. The molecule has 1 unspecified atom stereocenters. The second-order valence-electron chi connectivity index (χ2n) is 7.07. The number of nitrogens with one attached hydrogen (secondary N) is 2. The molecule has 1 fully saturated rings. The Morgan fingerprint density at radius 1 is 1.32 bits per heavy atom. The van der Waals surface area contributed by atoms with Crippen molar-refractivity contribution in [2.75, 3.05) is 19.6 Å². The van der Waals surface area contributed by atoms with Gasteiger partial charge in [0, 0.05) is 12.2 Å². The molecule has 1 aliphatic rings. The Balaban J connectivity index is 1.35. The van der Waals surface area contributed by atoms with Crippen LogP contribution in [0, 0.1) is 0 Å². The van der Waals surface area contributed by atoms with Crippen molar-refractivity contribution in [1.29, 1.82) is 0 Å². The normalized spacial score (nSPS) is 17.3. The summed E-state index contributed by atoms with van der Waals surface area (Å²) in [5, 5.41) is 10.1. The number of carbonyl (C=O) groups is 1. The number of nitrogens with zero attached hydrogens (tertiary/aromatic N) is 2. The standard InChI is InChI=1S/C20H28N4O/c1-16(7-8-17-5-3-2-4-6-17)23-20(25)15-24-11-9-18(10-12-24)19-13-21-22-14-19/h2-6,13-14,16,18H,7-12,15H2,1H3,(H,21,22)(H,23,25). The second kappa shape index (κ2) is 8.81. The summed E-state index contributed by atoms with van der Waals surface area (Å²) < 4.78 is 0. The number of benzene rings is 1. The molecule has 5 heteroatoms. The number of amides is 1. The highest BCUT2D eigenvalue weighted by molar-refractivity contribution is 5.78. The number of piperidine rings is 1. The first-order valence-corrected chi connectivity index (χ1v) is 9.25. The first-order chi connectivity index (χ1) is 12.2. The van der Waals surface area contributed by atoms with Gasteiger partial charge in [0.15, 0.2) is 0 Å². The number of hydrogen-bond donors (Lipinski definition) is 2. The molecule has 2 aromatic rings. The number of carbonyl (C=O) groups excluding carboxylic acids is 1. The van der Waals surface area contributed by atoms with Crippen LogP contribution in [-0.2, 0) is 11.2 Å². The zero-order valence-corrected chi connectivity index (χ0v) is 14.9. The molecular weight excluding hydrogens is 312 g/mol. The molecule has 1 aromatic carbocycles. The number of aromatic amines is 1. The van der Waals surface area contributed by atoms with Gasteiger partial charge in [-0.25, -0.2) is 0 Å². The molecule has 1 aromatic heterocycles. The van der Waals surface area contributed by atoms with Gasteiger partial charge >= 0.3 is 0 Å². The van der Waals surface area contributed by atoms with Gasteiger partial charge < -0.3 is 5.32 Å². The lowest BCUT2D eigenvalue weighted by molar-refractivity contribution is -0.123. The first kappa shape index (κ1) is 17.7.